The second-order valence-corrected chi connectivity index (χ2v) is 10.6. The van der Waals surface area contributed by atoms with Gasteiger partial charge in [0.15, 0.2) is 17.1 Å². The van der Waals surface area contributed by atoms with Crippen LogP contribution >= 0.6 is 0 Å². The number of nitrogens with two attached hydrogens (primary N) is 1. The molecule has 204 valence electrons. The van der Waals surface area contributed by atoms with Gasteiger partial charge in [-0.3, -0.25) is 24.0 Å². The number of rotatable bonds is 5. The Morgan fingerprint density at radius 3 is 2.47 bits per heavy atom. The maximum absolute atomic E-state index is 15.1. The van der Waals surface area contributed by atoms with Crippen molar-refractivity contribution in [3.8, 4) is 5.75 Å². The van der Waals surface area contributed by atoms with Crippen LogP contribution in [-0.2, 0) is 30.4 Å². The number of aliphatic hydroxyl groups is 3. The van der Waals surface area contributed by atoms with Gasteiger partial charge < -0.3 is 31.5 Å². The number of halogens is 1. The molecule has 2 amide bonds. The summed E-state index contributed by atoms with van der Waals surface area (Å²) < 4.78 is 15.1. The van der Waals surface area contributed by atoms with Crippen LogP contribution in [0, 0.1) is 17.7 Å². The van der Waals surface area contributed by atoms with Gasteiger partial charge in [-0.2, -0.15) is 5.48 Å². The summed E-state index contributed by atoms with van der Waals surface area (Å²) in [6.45, 7) is 4.87. The highest BCUT2D eigenvalue weighted by atomic mass is 19.1. The number of hydroxylamine groups is 1. The molecule has 0 radical (unpaired) electrons. The van der Waals surface area contributed by atoms with Crippen molar-refractivity contribution in [2.45, 2.75) is 51.2 Å². The number of phenols is 1. The number of aliphatic hydroxyl groups excluding tert-OH is 2. The van der Waals surface area contributed by atoms with Gasteiger partial charge in [0, 0.05) is 29.5 Å². The fourth-order valence-corrected chi connectivity index (χ4v) is 5.25. The second kappa shape index (κ2) is 9.19. The zero-order valence-corrected chi connectivity index (χ0v) is 20.8. The molecule has 4 rings (SSSR count). The molecule has 0 bridgehead atoms. The quantitative estimate of drug-likeness (QED) is 0.161. The van der Waals surface area contributed by atoms with Gasteiger partial charge in [0.2, 0.25) is 11.7 Å². The highest BCUT2D eigenvalue weighted by molar-refractivity contribution is 6.22. The third kappa shape index (κ3) is 4.31. The Balaban J connectivity index is 1.73. The summed E-state index contributed by atoms with van der Waals surface area (Å²) in [5, 5.41) is 46.0. The van der Waals surface area contributed by atoms with Crippen LogP contribution < -0.4 is 16.5 Å². The van der Waals surface area contributed by atoms with Gasteiger partial charge in [-0.15, -0.1) is 0 Å². The number of primary amides is 1. The molecule has 1 unspecified atom stereocenters. The third-order valence-electron chi connectivity index (χ3n) is 6.89. The maximum atomic E-state index is 15.1. The van der Waals surface area contributed by atoms with Gasteiger partial charge in [0.1, 0.15) is 29.5 Å². The minimum atomic E-state index is -2.73. The number of fused-ring (bicyclic) bond motifs is 3. The lowest BCUT2D eigenvalue weighted by Crippen LogP contribution is -2.58. The Bertz CT molecular complexity index is 1340. The van der Waals surface area contributed by atoms with Crippen molar-refractivity contribution in [1.82, 2.24) is 5.48 Å². The van der Waals surface area contributed by atoms with E-state index in [4.69, 9.17) is 10.6 Å². The number of hydrogen-bond donors (Lipinski definition) is 7. The number of carbonyl (C=O) groups excluding carboxylic acids is 4. The number of anilines is 1. The number of amides is 2. The number of ketones is 2. The molecule has 0 heterocycles. The van der Waals surface area contributed by atoms with E-state index in [2.05, 4.69) is 10.8 Å². The van der Waals surface area contributed by atoms with Gasteiger partial charge in [-0.1, -0.05) is 0 Å². The van der Waals surface area contributed by atoms with Crippen molar-refractivity contribution in [3.63, 3.8) is 0 Å². The van der Waals surface area contributed by atoms with Crippen molar-refractivity contribution in [2.24, 2.45) is 17.6 Å². The number of hydrogen-bond acceptors (Lipinski definition) is 10. The average molecular weight is 534 g/mol. The van der Waals surface area contributed by atoms with Crippen LogP contribution in [0.15, 0.2) is 23.0 Å². The lowest BCUT2D eigenvalue weighted by atomic mass is 9.59. The third-order valence-corrected chi connectivity index (χ3v) is 6.89. The lowest BCUT2D eigenvalue weighted by molar-refractivity contribution is -0.147. The first-order valence-electron chi connectivity index (χ1n) is 11.8. The molecule has 3 atom stereocenters. The smallest absolute Gasteiger partial charge is 0.255 e. The number of benzene rings is 1. The van der Waals surface area contributed by atoms with Gasteiger partial charge >= 0.3 is 0 Å². The van der Waals surface area contributed by atoms with Gasteiger partial charge in [-0.25, -0.2) is 4.39 Å². The van der Waals surface area contributed by atoms with E-state index in [1.165, 1.54) is 0 Å². The summed E-state index contributed by atoms with van der Waals surface area (Å²) in [4.78, 5) is 55.1. The molecular formula is C25H28FN3O9. The van der Waals surface area contributed by atoms with Gasteiger partial charge in [0.05, 0.1) is 16.9 Å². The van der Waals surface area contributed by atoms with E-state index in [0.717, 1.165) is 6.07 Å². The molecule has 38 heavy (non-hydrogen) atoms. The number of aromatic hydroxyl groups is 1. The molecule has 3 aliphatic rings. The summed E-state index contributed by atoms with van der Waals surface area (Å²) in [5.74, 6) is -9.81. The molecule has 1 saturated carbocycles. The standard InChI is InChI=1S/C25H28FN3O9/c1-24(2,3)38-28-8-15(31)29-13-7-12(26)11-5-9-4-10-6-14(30)18(23(27)36)22(35)25(10,37)21(34)16(9)20(33)17(11)19(13)32/h7,9-10,28,32-33,35,37H,4-6,8H2,1-3H3,(H2,27,36)(H,29,31)/t9?,10-,25-/m0/s1. The summed E-state index contributed by atoms with van der Waals surface area (Å²) in [7, 11) is 0. The summed E-state index contributed by atoms with van der Waals surface area (Å²) >= 11 is 0. The minimum Gasteiger partial charge on any atom is -0.508 e. The van der Waals surface area contributed by atoms with Crippen LogP contribution in [0.2, 0.25) is 0 Å². The minimum absolute atomic E-state index is 0.124. The first kappa shape index (κ1) is 27.2. The topological polar surface area (TPSA) is 209 Å². The van der Waals surface area contributed by atoms with Crippen molar-refractivity contribution >= 4 is 34.8 Å². The average Bonchev–Trinajstić information content (AvgIpc) is 2.78. The Hall–Kier alpha value is -3.81. The Labute approximate surface area is 215 Å². The summed E-state index contributed by atoms with van der Waals surface area (Å²) in [6, 6.07) is 0.869. The number of Topliss-reactive ketones (excluding diaryl/α,β-unsaturated/α-hetero) is 2. The lowest BCUT2D eigenvalue weighted by Gasteiger charge is -2.46. The van der Waals surface area contributed by atoms with E-state index < -0.39 is 98.3 Å². The Morgan fingerprint density at radius 1 is 1.21 bits per heavy atom. The van der Waals surface area contributed by atoms with Gasteiger partial charge in [-0.05, 0) is 39.5 Å². The van der Waals surface area contributed by atoms with E-state index in [-0.39, 0.29) is 24.9 Å². The number of nitrogens with one attached hydrogen (secondary N) is 2. The largest absolute Gasteiger partial charge is 0.508 e. The fourth-order valence-electron chi connectivity index (χ4n) is 5.25. The zero-order valence-electron chi connectivity index (χ0n) is 20.8. The highest BCUT2D eigenvalue weighted by Gasteiger charge is 2.60. The molecule has 0 aromatic heterocycles. The first-order chi connectivity index (χ1) is 17.6. The SMILES string of the molecule is CC(C)(C)ONCC(=O)Nc1cc(F)c2c(c1O)C(O)=C1C(=O)[C@]3(O)C(O)=C(C(N)=O)C(=O)C[C@@H]3CC1C2. The molecule has 1 fully saturated rings. The maximum Gasteiger partial charge on any atom is 0.255 e. The van der Waals surface area contributed by atoms with Crippen molar-refractivity contribution < 1.29 is 48.8 Å². The van der Waals surface area contributed by atoms with Crippen LogP contribution in [0.25, 0.3) is 5.76 Å². The molecule has 13 heteroatoms. The molecule has 1 aromatic rings. The molecular weight excluding hydrogens is 505 g/mol. The number of phenolic OH excluding ortho intramolecular Hbond substituents is 1. The second-order valence-electron chi connectivity index (χ2n) is 10.6. The van der Waals surface area contributed by atoms with Crippen LogP contribution in [0.3, 0.4) is 0 Å². The van der Waals surface area contributed by atoms with Crippen LogP contribution in [0.4, 0.5) is 10.1 Å². The monoisotopic (exact) mass is 533 g/mol. The molecule has 0 saturated heterocycles. The molecule has 1 aromatic carbocycles. The molecule has 12 nitrogen and oxygen atoms in total. The highest BCUT2D eigenvalue weighted by Crippen LogP contribution is 2.53. The van der Waals surface area contributed by atoms with E-state index in [9.17, 15) is 39.6 Å². The van der Waals surface area contributed by atoms with Crippen LogP contribution in [-0.4, -0.2) is 61.6 Å². The van der Waals surface area contributed by atoms with Crippen molar-refractivity contribution in [3.05, 3.63) is 39.9 Å². The molecule has 0 aliphatic heterocycles. The predicted molar refractivity (Wildman–Crippen MR) is 129 cm³/mol. The summed E-state index contributed by atoms with van der Waals surface area (Å²) in [6.07, 6.45) is -0.794. The Kier molecular flexibility index (Phi) is 6.58. The summed E-state index contributed by atoms with van der Waals surface area (Å²) in [5.41, 5.74) is 1.95. The van der Waals surface area contributed by atoms with E-state index in [0.29, 0.717) is 0 Å². The zero-order chi connectivity index (χ0) is 28.3. The van der Waals surface area contributed by atoms with E-state index in [1.54, 1.807) is 20.8 Å². The van der Waals surface area contributed by atoms with Crippen LogP contribution in [0.5, 0.6) is 5.75 Å². The fraction of sp³-hybridized carbons (Fsp3) is 0.440. The van der Waals surface area contributed by atoms with Crippen molar-refractivity contribution in [1.29, 1.82) is 0 Å². The van der Waals surface area contributed by atoms with Gasteiger partial charge in [0.25, 0.3) is 5.91 Å². The van der Waals surface area contributed by atoms with E-state index in [1.807, 2.05) is 0 Å². The van der Waals surface area contributed by atoms with Crippen molar-refractivity contribution in [2.75, 3.05) is 11.9 Å². The van der Waals surface area contributed by atoms with Crippen LogP contribution in [0.1, 0.15) is 44.7 Å². The first-order valence-corrected chi connectivity index (χ1v) is 11.8. The normalized spacial score (nSPS) is 25.1. The molecule has 3 aliphatic carbocycles. The number of carbonyl (C=O) groups is 4. The molecule has 0 spiro atoms. The Morgan fingerprint density at radius 2 is 1.87 bits per heavy atom. The van der Waals surface area contributed by atoms with E-state index >= 15 is 4.39 Å². The predicted octanol–water partition coefficient (Wildman–Crippen LogP) is 0.821. The molecule has 8 N–H and O–H groups in total.